The van der Waals surface area contributed by atoms with Crippen molar-refractivity contribution in [3.63, 3.8) is 0 Å². The van der Waals surface area contributed by atoms with Crippen LogP contribution >= 0.6 is 0 Å². The van der Waals surface area contributed by atoms with E-state index in [1.807, 2.05) is 0 Å². The lowest BCUT2D eigenvalue weighted by Gasteiger charge is -2.43. The van der Waals surface area contributed by atoms with E-state index in [-0.39, 0.29) is 0 Å². The maximum absolute atomic E-state index is 11.0. The van der Waals surface area contributed by atoms with Gasteiger partial charge in [-0.05, 0) is 0 Å². The van der Waals surface area contributed by atoms with Crippen LogP contribution < -0.4 is 0 Å². The van der Waals surface area contributed by atoms with Crippen LogP contribution in [0.25, 0.3) is 0 Å². The van der Waals surface area contributed by atoms with Gasteiger partial charge < -0.3 is 176 Å². The van der Waals surface area contributed by atoms with Gasteiger partial charge in [-0.2, -0.15) is 0 Å². The van der Waals surface area contributed by atoms with E-state index in [4.69, 9.17) is 37.9 Å². The molecule has 0 spiro atoms. The third-order valence-corrected chi connectivity index (χ3v) is 11.0. The highest BCUT2D eigenvalue weighted by atomic mass is 16.7. The van der Waals surface area contributed by atoms with Crippen LogP contribution in [0.4, 0.5) is 0 Å². The largest absolute Gasteiger partial charge is 0.506 e. The quantitative estimate of drug-likeness (QED) is 0.0817. The zero-order chi connectivity index (χ0) is 58.6. The first-order chi connectivity index (χ1) is 36.2. The van der Waals surface area contributed by atoms with Gasteiger partial charge in [-0.25, -0.2) is 0 Å². The summed E-state index contributed by atoms with van der Waals surface area (Å²) in [5.74, 6) is -19.1. The van der Waals surface area contributed by atoms with Crippen LogP contribution in [0.3, 0.4) is 0 Å². The molecule has 0 aromatic rings. The Labute approximate surface area is 434 Å². The summed E-state index contributed by atoms with van der Waals surface area (Å²) in [6.45, 7) is -7.05. The van der Waals surface area contributed by atoms with Crippen LogP contribution in [0.5, 0.6) is 0 Å². The number of ether oxygens (including phenoxy) is 8. The van der Waals surface area contributed by atoms with Gasteiger partial charge in [0.05, 0.1) is 6.61 Å². The van der Waals surface area contributed by atoms with Gasteiger partial charge >= 0.3 is 0 Å². The smallest absolute Gasteiger partial charge is 0.218 e. The van der Waals surface area contributed by atoms with Gasteiger partial charge in [0, 0.05) is 78.2 Å². The Morgan fingerprint density at radius 3 is 0.662 bits per heavy atom. The molecular formula is C42H70O35. The third-order valence-electron chi connectivity index (χ3n) is 11.0. The van der Waals surface area contributed by atoms with Crippen molar-refractivity contribution in [2.45, 2.75) is 144 Å². The molecule has 3 heterocycles. The predicted molar refractivity (Wildman–Crippen MR) is 242 cm³/mol. The van der Waals surface area contributed by atoms with Crippen LogP contribution in [0, 0.1) is 0 Å². The van der Waals surface area contributed by atoms with E-state index in [9.17, 15) is 138 Å². The first kappa shape index (κ1) is 68.2. The predicted octanol–water partition coefficient (Wildman–Crippen LogP) is -5.69. The standard InChI is InChI=1S/C42H70O35/c43-7-1-14-21(50)29(58)37(65)72-16(3-9-45)23(52)31(60)39(67)74-18(5-11-47)25(54)33(62)41(69)77-35-20(13-49)76-42(34(63)27(35)56)75-19(6-12-48)26(55)32(61)40(68)73-17(4-10-46)24(53)30(59)38(66)71-15(2-8-44)22(51)28(57)36(64)70-14/h14-20,27,34-69H,1-13H2/b28-22-,29-21-,30-24-,31-23-,32-26-,33-25-/t14-,15-,16-,17-,18-,19-,20?,27-,34?,35-,36-,37-,38-,39-,40+,41+,42-/m1/s1. The molecule has 0 aromatic heterocycles. The lowest BCUT2D eigenvalue weighted by Crippen LogP contribution is -2.61. The Balaban J connectivity index is 2.87. The van der Waals surface area contributed by atoms with E-state index >= 15 is 0 Å². The number of aliphatic hydroxyl groups is 27. The molecule has 1 saturated heterocycles. The average Bonchev–Trinajstić information content (AvgIpc) is 3.40. The molecule has 0 amide bonds. The fourth-order valence-electron chi connectivity index (χ4n) is 6.88. The summed E-state index contributed by atoms with van der Waals surface area (Å²) in [4.78, 5) is 0. The molecule has 0 aromatic carbocycles. The van der Waals surface area contributed by atoms with Gasteiger partial charge in [0.15, 0.2) is 75.4 Å². The van der Waals surface area contributed by atoms with E-state index in [0.29, 0.717) is 0 Å². The molecule has 3 rings (SSSR count). The molecule has 3 aliphatic rings. The number of fused-ring (bicyclic) bond motifs is 26. The van der Waals surface area contributed by atoms with Crippen molar-refractivity contribution in [1.29, 1.82) is 0 Å². The minimum absolute atomic E-state index is 0.762. The van der Waals surface area contributed by atoms with Crippen LogP contribution in [0.15, 0.2) is 69.1 Å². The minimum Gasteiger partial charge on any atom is -0.506 e. The number of rotatable bonds is 13. The first-order valence-electron chi connectivity index (χ1n) is 22.9. The molecule has 77 heavy (non-hydrogen) atoms. The normalized spacial score (nSPS) is 40.5. The van der Waals surface area contributed by atoms with E-state index < -0.39 is 259 Å². The molecule has 0 saturated carbocycles. The first-order valence-corrected chi connectivity index (χ1v) is 22.9. The molecular weight excluding hydrogens is 1060 g/mol. The highest BCUT2D eigenvalue weighted by Crippen LogP contribution is 2.31. The summed E-state index contributed by atoms with van der Waals surface area (Å²) < 4.78 is 41.1. The van der Waals surface area contributed by atoms with Crippen LogP contribution in [0.2, 0.25) is 0 Å². The van der Waals surface area contributed by atoms with Gasteiger partial charge in [0.2, 0.25) is 37.7 Å². The highest BCUT2D eigenvalue weighted by Gasteiger charge is 2.48. The SMILES string of the molecule is OCC[C@H]1O[C@@H](O)/C(O)=C(/O)[C@@H](CCO)O[C@@H](O)/C(O)=C(/O)[C@@H](CCO)O[C@H](O)/C(O)=C(/O)[C@@H](CCO)O[C@@H]2OC(CO)[C@@H](O[C@H](O)/C(O)=C(/O)[C@@H](CCO)O[C@@H](O)/C(O)=C(/O)[C@@H](CCO)O[C@@H](O)/C(O)=C\1O)[C@H](O)C2O. The second-order valence-electron chi connectivity index (χ2n) is 16.4. The van der Waals surface area contributed by atoms with Gasteiger partial charge in [-0.3, -0.25) is 0 Å². The topological polar surface area (TPSA) is 620 Å². The second-order valence-corrected chi connectivity index (χ2v) is 16.4. The number of hydrogen-bond donors (Lipinski definition) is 27. The lowest BCUT2D eigenvalue weighted by atomic mass is 9.98. The summed E-state index contributed by atoms with van der Waals surface area (Å²) in [5.41, 5.74) is 0. The van der Waals surface area contributed by atoms with Crippen molar-refractivity contribution >= 4 is 0 Å². The third kappa shape index (κ3) is 18.6. The molecule has 0 aliphatic carbocycles. The molecule has 448 valence electrons. The van der Waals surface area contributed by atoms with Gasteiger partial charge in [0.25, 0.3) is 0 Å². The van der Waals surface area contributed by atoms with E-state index in [1.54, 1.807) is 0 Å². The molecule has 27 N–H and O–H groups in total. The molecule has 17 atom stereocenters. The fourth-order valence-corrected chi connectivity index (χ4v) is 6.88. The van der Waals surface area contributed by atoms with Crippen molar-refractivity contribution in [1.82, 2.24) is 0 Å². The summed E-state index contributed by atoms with van der Waals surface area (Å²) in [6, 6.07) is 0. The molecule has 2 unspecified atom stereocenters. The Kier molecular flexibility index (Phi) is 29.1. The van der Waals surface area contributed by atoms with Crippen LogP contribution in [-0.2, 0) is 37.9 Å². The van der Waals surface area contributed by atoms with Crippen LogP contribution in [-0.4, -0.2) is 289 Å². The number of aliphatic hydroxyl groups excluding tert-OH is 27. The maximum atomic E-state index is 11.0. The van der Waals surface area contributed by atoms with E-state index in [2.05, 4.69) is 0 Å². The molecule has 0 radical (unpaired) electrons. The monoisotopic (exact) mass is 1130 g/mol. The minimum atomic E-state index is -2.86. The highest BCUT2D eigenvalue weighted by molar-refractivity contribution is 5.15. The van der Waals surface area contributed by atoms with Crippen molar-refractivity contribution in [2.75, 3.05) is 46.2 Å². The fraction of sp³-hybridized carbons (Fsp3) is 0.714. The molecule has 1 fully saturated rings. The summed E-state index contributed by atoms with van der Waals surface area (Å²) in [5, 5.41) is 284. The Morgan fingerprint density at radius 1 is 0.247 bits per heavy atom. The van der Waals surface area contributed by atoms with E-state index in [0.717, 1.165) is 0 Å². The lowest BCUT2D eigenvalue weighted by molar-refractivity contribution is -0.329. The molecule has 35 nitrogen and oxygen atoms in total. The van der Waals surface area contributed by atoms with Gasteiger partial charge in [-0.1, -0.05) is 0 Å². The van der Waals surface area contributed by atoms with Crippen molar-refractivity contribution < 1.29 is 176 Å². The molecule has 35 heteroatoms. The molecule has 3 aliphatic heterocycles. The summed E-state index contributed by atoms with van der Waals surface area (Å²) in [6.07, 6.45) is -46.2. The summed E-state index contributed by atoms with van der Waals surface area (Å²) in [7, 11) is 0. The van der Waals surface area contributed by atoms with Crippen molar-refractivity contribution in [2.24, 2.45) is 0 Å². The number of hydrogen-bond acceptors (Lipinski definition) is 35. The Bertz CT molecular complexity index is 1990. The second kappa shape index (κ2) is 32.9. The van der Waals surface area contributed by atoms with Crippen LogP contribution in [0.1, 0.15) is 38.5 Å². The zero-order valence-corrected chi connectivity index (χ0v) is 40.3. The van der Waals surface area contributed by atoms with E-state index in [1.165, 1.54) is 0 Å². The Morgan fingerprint density at radius 2 is 0.455 bits per heavy atom. The average molecular weight is 1130 g/mol. The van der Waals surface area contributed by atoms with Gasteiger partial charge in [0.1, 0.15) is 61.0 Å². The zero-order valence-electron chi connectivity index (χ0n) is 40.3. The van der Waals surface area contributed by atoms with Crippen molar-refractivity contribution in [3.05, 3.63) is 69.1 Å². The molecule has 2 bridgehead atoms. The van der Waals surface area contributed by atoms with Gasteiger partial charge in [-0.15, -0.1) is 0 Å². The maximum Gasteiger partial charge on any atom is 0.218 e. The van der Waals surface area contributed by atoms with Crippen molar-refractivity contribution in [3.8, 4) is 0 Å². The Hall–Kier alpha value is -4.88. The summed E-state index contributed by atoms with van der Waals surface area (Å²) >= 11 is 0.